The molecule has 1 amide bonds. The van der Waals surface area contributed by atoms with Gasteiger partial charge in [-0.1, -0.05) is 41.9 Å². The minimum absolute atomic E-state index is 0.0519. The highest BCUT2D eigenvalue weighted by Crippen LogP contribution is 2.18. The van der Waals surface area contributed by atoms with E-state index >= 15 is 0 Å². The molecular weight excluding hydrogens is 310 g/mol. The molecule has 0 spiro atoms. The topological polar surface area (TPSA) is 42.2 Å². The maximum absolute atomic E-state index is 11.9. The summed E-state index contributed by atoms with van der Waals surface area (Å²) in [5.41, 5.74) is 2.00. The third kappa shape index (κ3) is 4.36. The van der Waals surface area contributed by atoms with Gasteiger partial charge in [0.05, 0.1) is 0 Å². The molecule has 0 unspecified atom stereocenters. The van der Waals surface area contributed by atoms with Crippen LogP contribution >= 0.6 is 11.6 Å². The van der Waals surface area contributed by atoms with Crippen LogP contribution in [-0.4, -0.2) is 12.5 Å². The standard InChI is InChI=1S/C19H18ClNO2/c20-16-8-5-14(6-9-16)7-10-19(22)21-12-11-17-13-15-3-1-2-4-18(15)23-17/h1-6,8-9,13H,7,10-12H2,(H,21,22). The maximum atomic E-state index is 11.9. The molecule has 1 aromatic heterocycles. The van der Waals surface area contributed by atoms with Gasteiger partial charge in [0.25, 0.3) is 0 Å². The lowest BCUT2D eigenvalue weighted by Crippen LogP contribution is -2.25. The lowest BCUT2D eigenvalue weighted by Gasteiger charge is -2.04. The van der Waals surface area contributed by atoms with Gasteiger partial charge in [-0.15, -0.1) is 0 Å². The van der Waals surface area contributed by atoms with Crippen molar-refractivity contribution in [2.24, 2.45) is 0 Å². The van der Waals surface area contributed by atoms with Crippen molar-refractivity contribution in [2.75, 3.05) is 6.54 Å². The zero-order valence-corrected chi connectivity index (χ0v) is 13.5. The third-order valence-electron chi connectivity index (χ3n) is 3.72. The fourth-order valence-corrected chi connectivity index (χ4v) is 2.61. The van der Waals surface area contributed by atoms with Gasteiger partial charge in [0.1, 0.15) is 11.3 Å². The molecule has 3 aromatic rings. The lowest BCUT2D eigenvalue weighted by molar-refractivity contribution is -0.121. The molecule has 3 rings (SSSR count). The molecule has 118 valence electrons. The van der Waals surface area contributed by atoms with Crippen LogP contribution in [0.25, 0.3) is 11.0 Å². The second-order valence-corrected chi connectivity index (χ2v) is 5.91. The van der Waals surface area contributed by atoms with Gasteiger partial charge in [0, 0.05) is 29.8 Å². The fourth-order valence-electron chi connectivity index (χ4n) is 2.48. The van der Waals surface area contributed by atoms with E-state index in [9.17, 15) is 4.79 Å². The number of carbonyl (C=O) groups is 1. The smallest absolute Gasteiger partial charge is 0.220 e. The summed E-state index contributed by atoms with van der Waals surface area (Å²) in [6.07, 6.45) is 1.89. The Balaban J connectivity index is 1.43. The van der Waals surface area contributed by atoms with Crippen LogP contribution in [0, 0.1) is 0 Å². The number of rotatable bonds is 6. The Labute approximate surface area is 140 Å². The Kier molecular flexibility index (Phi) is 4.99. The second kappa shape index (κ2) is 7.34. The van der Waals surface area contributed by atoms with Crippen molar-refractivity contribution in [3.63, 3.8) is 0 Å². The first-order chi connectivity index (χ1) is 11.2. The summed E-state index contributed by atoms with van der Waals surface area (Å²) in [5, 5.41) is 4.74. The van der Waals surface area contributed by atoms with Crippen LogP contribution in [0.2, 0.25) is 5.02 Å². The summed E-state index contributed by atoms with van der Waals surface area (Å²) in [6.45, 7) is 0.583. The molecule has 0 aliphatic heterocycles. The predicted molar refractivity (Wildman–Crippen MR) is 92.7 cm³/mol. The zero-order valence-electron chi connectivity index (χ0n) is 12.7. The Morgan fingerprint density at radius 3 is 2.61 bits per heavy atom. The Morgan fingerprint density at radius 2 is 1.83 bits per heavy atom. The van der Waals surface area contributed by atoms with E-state index in [1.165, 1.54) is 0 Å². The van der Waals surface area contributed by atoms with Crippen LogP contribution < -0.4 is 5.32 Å². The Morgan fingerprint density at radius 1 is 1.04 bits per heavy atom. The van der Waals surface area contributed by atoms with Gasteiger partial charge in [0.2, 0.25) is 5.91 Å². The van der Waals surface area contributed by atoms with E-state index in [0.717, 1.165) is 22.3 Å². The van der Waals surface area contributed by atoms with Gasteiger partial charge in [-0.05, 0) is 36.2 Å². The van der Waals surface area contributed by atoms with Crippen LogP contribution in [0.15, 0.2) is 59.0 Å². The number of hydrogen-bond acceptors (Lipinski definition) is 2. The molecule has 1 N–H and O–H groups in total. The quantitative estimate of drug-likeness (QED) is 0.730. The molecule has 3 nitrogen and oxygen atoms in total. The molecule has 0 radical (unpaired) electrons. The molecular formula is C19H18ClNO2. The number of para-hydroxylation sites is 1. The van der Waals surface area contributed by atoms with Gasteiger partial charge < -0.3 is 9.73 Å². The number of aryl methyl sites for hydroxylation is 1. The summed E-state index contributed by atoms with van der Waals surface area (Å²) in [4.78, 5) is 11.9. The molecule has 0 saturated heterocycles. The number of benzene rings is 2. The highest BCUT2D eigenvalue weighted by Gasteiger charge is 2.05. The van der Waals surface area contributed by atoms with Crippen LogP contribution in [0.3, 0.4) is 0 Å². The number of carbonyl (C=O) groups excluding carboxylic acids is 1. The molecule has 1 heterocycles. The largest absolute Gasteiger partial charge is 0.461 e. The van der Waals surface area contributed by atoms with E-state index in [2.05, 4.69) is 5.32 Å². The third-order valence-corrected chi connectivity index (χ3v) is 3.98. The van der Waals surface area contributed by atoms with Gasteiger partial charge in [-0.3, -0.25) is 4.79 Å². The van der Waals surface area contributed by atoms with Crippen LogP contribution in [-0.2, 0) is 17.6 Å². The van der Waals surface area contributed by atoms with Crippen molar-refractivity contribution >= 4 is 28.5 Å². The minimum Gasteiger partial charge on any atom is -0.461 e. The first kappa shape index (κ1) is 15.6. The number of furan rings is 1. The number of hydrogen-bond donors (Lipinski definition) is 1. The van der Waals surface area contributed by atoms with Crippen LogP contribution in [0.5, 0.6) is 0 Å². The summed E-state index contributed by atoms with van der Waals surface area (Å²) in [7, 11) is 0. The highest BCUT2D eigenvalue weighted by atomic mass is 35.5. The second-order valence-electron chi connectivity index (χ2n) is 5.48. The molecule has 0 aliphatic rings. The average molecular weight is 328 g/mol. The fraction of sp³-hybridized carbons (Fsp3) is 0.211. The molecule has 0 bridgehead atoms. The Hall–Kier alpha value is -2.26. The minimum atomic E-state index is 0.0519. The monoisotopic (exact) mass is 327 g/mol. The van der Waals surface area contributed by atoms with Crippen molar-refractivity contribution in [2.45, 2.75) is 19.3 Å². The van der Waals surface area contributed by atoms with E-state index in [-0.39, 0.29) is 5.91 Å². The van der Waals surface area contributed by atoms with Crippen molar-refractivity contribution in [3.8, 4) is 0 Å². The van der Waals surface area contributed by atoms with Gasteiger partial charge in [-0.25, -0.2) is 0 Å². The van der Waals surface area contributed by atoms with E-state index in [0.29, 0.717) is 30.8 Å². The van der Waals surface area contributed by atoms with E-state index in [1.807, 2.05) is 54.6 Å². The van der Waals surface area contributed by atoms with Gasteiger partial charge >= 0.3 is 0 Å². The first-order valence-corrected chi connectivity index (χ1v) is 8.07. The molecule has 0 saturated carbocycles. The van der Waals surface area contributed by atoms with Crippen molar-refractivity contribution in [1.82, 2.24) is 5.32 Å². The number of nitrogens with one attached hydrogen (secondary N) is 1. The molecule has 4 heteroatoms. The van der Waals surface area contributed by atoms with Crippen LogP contribution in [0.4, 0.5) is 0 Å². The average Bonchev–Trinajstić information content (AvgIpc) is 2.97. The predicted octanol–water partition coefficient (Wildman–Crippen LogP) is 4.38. The highest BCUT2D eigenvalue weighted by molar-refractivity contribution is 6.30. The molecule has 0 atom stereocenters. The maximum Gasteiger partial charge on any atom is 0.220 e. The molecule has 0 aliphatic carbocycles. The number of amides is 1. The summed E-state index contributed by atoms with van der Waals surface area (Å²) < 4.78 is 5.73. The van der Waals surface area contributed by atoms with Gasteiger partial charge in [-0.2, -0.15) is 0 Å². The summed E-state index contributed by atoms with van der Waals surface area (Å²) in [6, 6.07) is 17.5. The lowest BCUT2D eigenvalue weighted by atomic mass is 10.1. The SMILES string of the molecule is O=C(CCc1ccc(Cl)cc1)NCCc1cc2ccccc2o1. The zero-order chi connectivity index (χ0) is 16.1. The van der Waals surface area contributed by atoms with E-state index in [4.69, 9.17) is 16.0 Å². The van der Waals surface area contributed by atoms with Gasteiger partial charge in [0.15, 0.2) is 0 Å². The van der Waals surface area contributed by atoms with Crippen molar-refractivity contribution < 1.29 is 9.21 Å². The normalized spacial score (nSPS) is 10.8. The van der Waals surface area contributed by atoms with E-state index < -0.39 is 0 Å². The number of fused-ring (bicyclic) bond motifs is 1. The molecule has 2 aromatic carbocycles. The molecule has 0 fully saturated rings. The van der Waals surface area contributed by atoms with Crippen molar-refractivity contribution in [3.05, 3.63) is 70.9 Å². The summed E-state index contributed by atoms with van der Waals surface area (Å²) in [5.74, 6) is 0.945. The summed E-state index contributed by atoms with van der Waals surface area (Å²) >= 11 is 5.84. The van der Waals surface area contributed by atoms with Crippen LogP contribution in [0.1, 0.15) is 17.7 Å². The number of halogens is 1. The molecule has 23 heavy (non-hydrogen) atoms. The Bertz CT molecular complexity index is 759. The first-order valence-electron chi connectivity index (χ1n) is 7.69. The van der Waals surface area contributed by atoms with E-state index in [1.54, 1.807) is 0 Å². The van der Waals surface area contributed by atoms with Crippen molar-refractivity contribution in [1.29, 1.82) is 0 Å².